The van der Waals surface area contributed by atoms with Crippen LogP contribution in [-0.4, -0.2) is 11.7 Å². The summed E-state index contributed by atoms with van der Waals surface area (Å²) in [7, 11) is 0. The van der Waals surface area contributed by atoms with Crippen molar-refractivity contribution in [3.8, 4) is 0 Å². The molecule has 2 nitrogen and oxygen atoms in total. The van der Waals surface area contributed by atoms with Gasteiger partial charge in [0.25, 0.3) is 0 Å². The van der Waals surface area contributed by atoms with E-state index in [1.807, 2.05) is 18.4 Å². The molecule has 1 rings (SSSR count). The first kappa shape index (κ1) is 8.71. The molecule has 0 saturated carbocycles. The van der Waals surface area contributed by atoms with E-state index in [1.54, 1.807) is 11.3 Å². The standard InChI is InChI=1S/C8H13NOS/c1-6-4-8(11-5-6)7(10)2-3-9/h4-5,7,10H,2-3,9H2,1H3/t7-/m0/s1. The van der Waals surface area contributed by atoms with E-state index in [1.165, 1.54) is 5.56 Å². The second kappa shape index (κ2) is 3.85. The third kappa shape index (κ3) is 2.29. The van der Waals surface area contributed by atoms with E-state index in [0.717, 1.165) is 4.88 Å². The Labute approximate surface area is 70.7 Å². The van der Waals surface area contributed by atoms with Crippen molar-refractivity contribution < 1.29 is 5.11 Å². The third-order valence-electron chi connectivity index (χ3n) is 1.52. The first-order valence-electron chi connectivity index (χ1n) is 3.67. The molecular formula is C8H13NOS. The monoisotopic (exact) mass is 171 g/mol. The van der Waals surface area contributed by atoms with Crippen LogP contribution in [0, 0.1) is 6.92 Å². The molecule has 0 saturated heterocycles. The lowest BCUT2D eigenvalue weighted by Gasteiger charge is -2.04. The van der Waals surface area contributed by atoms with Crippen LogP contribution in [0.15, 0.2) is 11.4 Å². The summed E-state index contributed by atoms with van der Waals surface area (Å²) in [6.07, 6.45) is 0.290. The predicted molar refractivity (Wildman–Crippen MR) is 47.7 cm³/mol. The topological polar surface area (TPSA) is 46.2 Å². The van der Waals surface area contributed by atoms with Gasteiger partial charge in [-0.2, -0.15) is 0 Å². The van der Waals surface area contributed by atoms with E-state index in [9.17, 15) is 5.11 Å². The predicted octanol–water partition coefficient (Wildman–Crippen LogP) is 1.44. The minimum Gasteiger partial charge on any atom is -0.388 e. The fourth-order valence-corrected chi connectivity index (χ4v) is 1.85. The van der Waals surface area contributed by atoms with Crippen molar-refractivity contribution in [2.75, 3.05) is 6.54 Å². The lowest BCUT2D eigenvalue weighted by molar-refractivity contribution is 0.174. The number of rotatable bonds is 3. The number of aliphatic hydroxyl groups excluding tert-OH is 1. The van der Waals surface area contributed by atoms with Gasteiger partial charge in [0.2, 0.25) is 0 Å². The maximum atomic E-state index is 9.46. The molecule has 11 heavy (non-hydrogen) atoms. The van der Waals surface area contributed by atoms with E-state index in [0.29, 0.717) is 13.0 Å². The third-order valence-corrected chi connectivity index (χ3v) is 2.67. The molecule has 3 N–H and O–H groups in total. The van der Waals surface area contributed by atoms with Crippen LogP contribution in [0.25, 0.3) is 0 Å². The molecule has 0 aliphatic rings. The minimum atomic E-state index is -0.362. The summed E-state index contributed by atoms with van der Waals surface area (Å²) in [6.45, 7) is 2.56. The molecule has 0 bridgehead atoms. The van der Waals surface area contributed by atoms with E-state index in [4.69, 9.17) is 5.73 Å². The van der Waals surface area contributed by atoms with Crippen LogP contribution in [0.1, 0.15) is 23.0 Å². The zero-order valence-electron chi connectivity index (χ0n) is 6.58. The van der Waals surface area contributed by atoms with Crippen LogP contribution in [0.5, 0.6) is 0 Å². The normalized spacial score (nSPS) is 13.4. The van der Waals surface area contributed by atoms with Crippen molar-refractivity contribution in [2.45, 2.75) is 19.4 Å². The highest BCUT2D eigenvalue weighted by molar-refractivity contribution is 7.10. The van der Waals surface area contributed by atoms with Crippen LogP contribution in [-0.2, 0) is 0 Å². The summed E-state index contributed by atoms with van der Waals surface area (Å²) in [5, 5.41) is 11.5. The highest BCUT2D eigenvalue weighted by atomic mass is 32.1. The van der Waals surface area contributed by atoms with Crippen molar-refractivity contribution in [2.24, 2.45) is 5.73 Å². The Morgan fingerprint density at radius 3 is 2.91 bits per heavy atom. The van der Waals surface area contributed by atoms with Gasteiger partial charge in [0.05, 0.1) is 6.10 Å². The molecule has 0 fully saturated rings. The van der Waals surface area contributed by atoms with Crippen LogP contribution < -0.4 is 5.73 Å². The number of hydrogen-bond donors (Lipinski definition) is 2. The molecule has 0 aliphatic heterocycles. The quantitative estimate of drug-likeness (QED) is 0.723. The van der Waals surface area contributed by atoms with Crippen LogP contribution >= 0.6 is 11.3 Å². The maximum Gasteiger partial charge on any atom is 0.0894 e. The van der Waals surface area contributed by atoms with Crippen molar-refractivity contribution in [3.63, 3.8) is 0 Å². The summed E-state index contributed by atoms with van der Waals surface area (Å²) in [6, 6.07) is 2.00. The van der Waals surface area contributed by atoms with Crippen LogP contribution in [0.2, 0.25) is 0 Å². The van der Waals surface area contributed by atoms with Gasteiger partial charge in [-0.25, -0.2) is 0 Å². The second-order valence-electron chi connectivity index (χ2n) is 2.62. The molecule has 0 radical (unpaired) electrons. The van der Waals surface area contributed by atoms with Crippen LogP contribution in [0.4, 0.5) is 0 Å². The summed E-state index contributed by atoms with van der Waals surface area (Å²) < 4.78 is 0. The second-order valence-corrected chi connectivity index (χ2v) is 3.56. The highest BCUT2D eigenvalue weighted by Gasteiger charge is 2.07. The SMILES string of the molecule is Cc1csc([C@@H](O)CCN)c1. The summed E-state index contributed by atoms with van der Waals surface area (Å²) in [5.41, 5.74) is 6.53. The van der Waals surface area contributed by atoms with Gasteiger partial charge >= 0.3 is 0 Å². The van der Waals surface area contributed by atoms with Crippen molar-refractivity contribution in [1.82, 2.24) is 0 Å². The molecular weight excluding hydrogens is 158 g/mol. The first-order chi connectivity index (χ1) is 5.24. The molecule has 1 aromatic heterocycles. The van der Waals surface area contributed by atoms with Gasteiger partial charge in [0, 0.05) is 4.88 Å². The van der Waals surface area contributed by atoms with Gasteiger partial charge in [-0.1, -0.05) is 0 Å². The van der Waals surface area contributed by atoms with Gasteiger partial charge in [0.15, 0.2) is 0 Å². The molecule has 0 spiro atoms. The average Bonchev–Trinajstić information content (AvgIpc) is 2.36. The highest BCUT2D eigenvalue weighted by Crippen LogP contribution is 2.23. The average molecular weight is 171 g/mol. The molecule has 1 heterocycles. The largest absolute Gasteiger partial charge is 0.388 e. The smallest absolute Gasteiger partial charge is 0.0894 e. The van der Waals surface area contributed by atoms with Gasteiger partial charge in [-0.05, 0) is 36.9 Å². The van der Waals surface area contributed by atoms with E-state index < -0.39 is 0 Å². The van der Waals surface area contributed by atoms with E-state index >= 15 is 0 Å². The van der Waals surface area contributed by atoms with Crippen molar-refractivity contribution in [3.05, 3.63) is 21.9 Å². The fourth-order valence-electron chi connectivity index (χ4n) is 0.928. The number of nitrogens with two attached hydrogens (primary N) is 1. The van der Waals surface area contributed by atoms with Crippen molar-refractivity contribution >= 4 is 11.3 Å². The zero-order chi connectivity index (χ0) is 8.27. The number of hydrogen-bond acceptors (Lipinski definition) is 3. The number of thiophene rings is 1. The van der Waals surface area contributed by atoms with Gasteiger partial charge in [-0.15, -0.1) is 11.3 Å². The Morgan fingerprint density at radius 2 is 2.45 bits per heavy atom. The molecule has 0 aromatic carbocycles. The summed E-state index contributed by atoms with van der Waals surface area (Å²) >= 11 is 1.59. The summed E-state index contributed by atoms with van der Waals surface area (Å²) in [5.74, 6) is 0. The fraction of sp³-hybridized carbons (Fsp3) is 0.500. The maximum absolute atomic E-state index is 9.46. The molecule has 0 unspecified atom stereocenters. The van der Waals surface area contributed by atoms with Gasteiger partial charge in [-0.3, -0.25) is 0 Å². The Bertz CT molecular complexity index is 222. The molecule has 1 atom stereocenters. The minimum absolute atomic E-state index is 0.362. The molecule has 0 aliphatic carbocycles. The first-order valence-corrected chi connectivity index (χ1v) is 4.55. The van der Waals surface area contributed by atoms with E-state index in [-0.39, 0.29) is 6.10 Å². The Balaban J connectivity index is 2.60. The number of aliphatic hydroxyl groups is 1. The Morgan fingerprint density at radius 1 is 1.73 bits per heavy atom. The lowest BCUT2D eigenvalue weighted by atomic mass is 10.2. The van der Waals surface area contributed by atoms with Crippen molar-refractivity contribution in [1.29, 1.82) is 0 Å². The van der Waals surface area contributed by atoms with Crippen LogP contribution in [0.3, 0.4) is 0 Å². The molecule has 3 heteroatoms. The molecule has 62 valence electrons. The zero-order valence-corrected chi connectivity index (χ0v) is 7.40. The van der Waals surface area contributed by atoms with E-state index in [2.05, 4.69) is 0 Å². The lowest BCUT2D eigenvalue weighted by Crippen LogP contribution is -2.05. The van der Waals surface area contributed by atoms with Gasteiger partial charge < -0.3 is 10.8 Å². The number of aryl methyl sites for hydroxylation is 1. The molecule has 1 aromatic rings. The Kier molecular flexibility index (Phi) is 3.05. The Hall–Kier alpha value is -0.380. The van der Waals surface area contributed by atoms with Gasteiger partial charge in [0.1, 0.15) is 0 Å². The molecule has 0 amide bonds. The summed E-state index contributed by atoms with van der Waals surface area (Å²) in [4.78, 5) is 1.02.